The van der Waals surface area contributed by atoms with Crippen LogP contribution in [-0.2, 0) is 19.8 Å². The topological polar surface area (TPSA) is 101 Å². The molecule has 6 rings (SSSR count). The van der Waals surface area contributed by atoms with E-state index in [4.69, 9.17) is 16.3 Å². The molecule has 5 aromatic rings. The van der Waals surface area contributed by atoms with Gasteiger partial charge in [0.2, 0.25) is 5.88 Å². The van der Waals surface area contributed by atoms with Crippen molar-refractivity contribution in [2.75, 3.05) is 38.5 Å². The molecule has 0 saturated carbocycles. The van der Waals surface area contributed by atoms with E-state index in [1.807, 2.05) is 11.9 Å². The van der Waals surface area contributed by atoms with E-state index in [0.29, 0.717) is 35.5 Å². The Morgan fingerprint density at radius 1 is 1.04 bits per heavy atom. The standard InChI is InChI=1S/C31H28ClF3N8O2/c1-41-10-12-43(13-11-41)17-20-5-6-21(14-25(20)31(33,34)35)37-29(44)23-15-22(7-8-26(23)32)45-30-24-18-42(2)40-28(24)38-27(39-30)19-4-3-9-36-16-19/h3-9,14-16,18H,10-13,17H2,1-2H3,(H,37,44). The molecule has 0 aliphatic carbocycles. The maximum atomic E-state index is 14.1. The van der Waals surface area contributed by atoms with Crippen LogP contribution in [0, 0.1) is 0 Å². The Labute approximate surface area is 261 Å². The molecule has 1 saturated heterocycles. The number of aryl methyl sites for hydroxylation is 1. The van der Waals surface area contributed by atoms with Crippen molar-refractivity contribution in [3.8, 4) is 23.0 Å². The summed E-state index contributed by atoms with van der Waals surface area (Å²) in [4.78, 5) is 30.6. The van der Waals surface area contributed by atoms with Crippen LogP contribution in [-0.4, -0.2) is 73.7 Å². The highest BCUT2D eigenvalue weighted by Crippen LogP contribution is 2.36. The Kier molecular flexibility index (Phi) is 8.40. The molecule has 0 radical (unpaired) electrons. The summed E-state index contributed by atoms with van der Waals surface area (Å²) in [6.45, 7) is 3.09. The number of amides is 1. The quantitative estimate of drug-likeness (QED) is 0.236. The number of fused-ring (bicyclic) bond motifs is 1. The van der Waals surface area contributed by atoms with Gasteiger partial charge in [-0.05, 0) is 55.1 Å². The third-order valence-corrected chi connectivity index (χ3v) is 7.77. The lowest BCUT2D eigenvalue weighted by Gasteiger charge is -2.33. The van der Waals surface area contributed by atoms with E-state index in [-0.39, 0.29) is 40.0 Å². The average molecular weight is 637 g/mol. The molecule has 0 bridgehead atoms. The van der Waals surface area contributed by atoms with Crippen LogP contribution in [0.1, 0.15) is 21.5 Å². The Morgan fingerprint density at radius 2 is 1.84 bits per heavy atom. The van der Waals surface area contributed by atoms with Crippen molar-refractivity contribution in [2.24, 2.45) is 7.05 Å². The van der Waals surface area contributed by atoms with E-state index in [0.717, 1.165) is 19.2 Å². The van der Waals surface area contributed by atoms with Gasteiger partial charge in [0.25, 0.3) is 5.91 Å². The highest BCUT2D eigenvalue weighted by atomic mass is 35.5. The first-order valence-electron chi connectivity index (χ1n) is 14.0. The number of likely N-dealkylation sites (N-methyl/N-ethyl adjacent to an activating group) is 1. The summed E-state index contributed by atoms with van der Waals surface area (Å²) in [5, 5.41) is 7.55. The number of hydrogen-bond acceptors (Lipinski definition) is 8. The molecule has 4 heterocycles. The smallest absolute Gasteiger partial charge is 0.416 e. The van der Waals surface area contributed by atoms with Gasteiger partial charge in [0.1, 0.15) is 11.1 Å². The second kappa shape index (κ2) is 12.4. The molecule has 1 N–H and O–H groups in total. The van der Waals surface area contributed by atoms with Crippen LogP contribution in [0.5, 0.6) is 11.6 Å². The molecule has 0 spiro atoms. The number of rotatable bonds is 7. The lowest BCUT2D eigenvalue weighted by atomic mass is 10.0. The molecule has 1 aliphatic heterocycles. The van der Waals surface area contributed by atoms with Gasteiger partial charge in [-0.2, -0.15) is 23.3 Å². The van der Waals surface area contributed by atoms with Crippen LogP contribution in [0.25, 0.3) is 22.4 Å². The average Bonchev–Trinajstić information content (AvgIpc) is 3.40. The van der Waals surface area contributed by atoms with Gasteiger partial charge in [-0.1, -0.05) is 17.7 Å². The molecule has 2 aromatic carbocycles. The molecular weight excluding hydrogens is 609 g/mol. The van der Waals surface area contributed by atoms with Crippen molar-refractivity contribution in [1.29, 1.82) is 0 Å². The number of piperazine rings is 1. The number of ether oxygens (including phenoxy) is 1. The first-order valence-corrected chi connectivity index (χ1v) is 14.4. The van der Waals surface area contributed by atoms with Crippen LogP contribution in [0.4, 0.5) is 18.9 Å². The molecular formula is C31H28ClF3N8O2. The number of carbonyl (C=O) groups is 1. The minimum atomic E-state index is -4.60. The summed E-state index contributed by atoms with van der Waals surface area (Å²) in [5.41, 5.74) is 0.398. The molecule has 1 amide bonds. The molecule has 0 unspecified atom stereocenters. The number of carbonyl (C=O) groups excluding carboxylic acids is 1. The third-order valence-electron chi connectivity index (χ3n) is 7.44. The Hall–Kier alpha value is -4.59. The van der Waals surface area contributed by atoms with E-state index in [2.05, 4.69) is 30.3 Å². The summed E-state index contributed by atoms with van der Waals surface area (Å²) >= 11 is 6.36. The Balaban J connectivity index is 1.25. The summed E-state index contributed by atoms with van der Waals surface area (Å²) in [7, 11) is 3.72. The first-order chi connectivity index (χ1) is 21.5. The number of nitrogens with zero attached hydrogens (tertiary/aromatic N) is 7. The molecule has 14 heteroatoms. The van der Waals surface area contributed by atoms with E-state index in [1.165, 1.54) is 24.3 Å². The zero-order valence-electron chi connectivity index (χ0n) is 24.3. The molecule has 3 aromatic heterocycles. The fourth-order valence-corrected chi connectivity index (χ4v) is 5.25. The van der Waals surface area contributed by atoms with E-state index >= 15 is 0 Å². The number of anilines is 1. The Bertz CT molecular complexity index is 1860. The first kappa shape index (κ1) is 30.4. The van der Waals surface area contributed by atoms with Gasteiger partial charge in [-0.25, -0.2) is 4.98 Å². The largest absolute Gasteiger partial charge is 0.438 e. The van der Waals surface area contributed by atoms with Crippen LogP contribution in [0.2, 0.25) is 5.02 Å². The minimum Gasteiger partial charge on any atom is -0.438 e. The lowest BCUT2D eigenvalue weighted by Crippen LogP contribution is -2.44. The molecule has 1 aliphatic rings. The normalized spacial score (nSPS) is 14.5. The van der Waals surface area contributed by atoms with Gasteiger partial charge in [0.05, 0.1) is 16.1 Å². The maximum absolute atomic E-state index is 14.1. The number of aromatic nitrogens is 5. The van der Waals surface area contributed by atoms with Crippen LogP contribution < -0.4 is 10.1 Å². The fourth-order valence-electron chi connectivity index (χ4n) is 5.05. The summed E-state index contributed by atoms with van der Waals surface area (Å²) in [5.74, 6) is 0.0545. The van der Waals surface area contributed by atoms with Crippen molar-refractivity contribution in [3.05, 3.63) is 88.8 Å². The van der Waals surface area contributed by atoms with Gasteiger partial charge < -0.3 is 15.0 Å². The minimum absolute atomic E-state index is 0.00760. The summed E-state index contributed by atoms with van der Waals surface area (Å²) in [6, 6.07) is 11.8. The van der Waals surface area contributed by atoms with Crippen molar-refractivity contribution in [1.82, 2.24) is 34.5 Å². The Morgan fingerprint density at radius 3 is 2.58 bits per heavy atom. The highest BCUT2D eigenvalue weighted by molar-refractivity contribution is 6.34. The zero-order valence-corrected chi connectivity index (χ0v) is 25.1. The van der Waals surface area contributed by atoms with E-state index in [9.17, 15) is 18.0 Å². The van der Waals surface area contributed by atoms with Crippen molar-refractivity contribution < 1.29 is 22.7 Å². The van der Waals surface area contributed by atoms with Crippen molar-refractivity contribution in [2.45, 2.75) is 12.7 Å². The van der Waals surface area contributed by atoms with Crippen molar-refractivity contribution in [3.63, 3.8) is 0 Å². The maximum Gasteiger partial charge on any atom is 0.416 e. The SMILES string of the molecule is CN1CCN(Cc2ccc(NC(=O)c3cc(Oc4nc(-c5cccnc5)nc5nn(C)cc45)ccc3Cl)cc2C(F)(F)F)CC1. The number of hydrogen-bond donors (Lipinski definition) is 1. The van der Waals surface area contributed by atoms with Crippen LogP contribution in [0.3, 0.4) is 0 Å². The van der Waals surface area contributed by atoms with Gasteiger partial charge in [0.15, 0.2) is 11.5 Å². The van der Waals surface area contributed by atoms with Crippen molar-refractivity contribution >= 4 is 34.2 Å². The monoisotopic (exact) mass is 636 g/mol. The predicted octanol–water partition coefficient (Wildman–Crippen LogP) is 5.89. The van der Waals surface area contributed by atoms with Crippen LogP contribution in [0.15, 0.2) is 67.1 Å². The number of alkyl halides is 3. The number of nitrogens with one attached hydrogen (secondary N) is 1. The summed E-state index contributed by atoms with van der Waals surface area (Å²) < 4.78 is 49.9. The van der Waals surface area contributed by atoms with Gasteiger partial charge in [0, 0.05) is 69.6 Å². The highest BCUT2D eigenvalue weighted by Gasteiger charge is 2.34. The second-order valence-electron chi connectivity index (χ2n) is 10.8. The van der Waals surface area contributed by atoms with Crippen LogP contribution >= 0.6 is 11.6 Å². The molecule has 1 fully saturated rings. The third kappa shape index (κ3) is 6.90. The molecule has 0 atom stereocenters. The lowest BCUT2D eigenvalue weighted by molar-refractivity contribution is -0.138. The fraction of sp³-hybridized carbons (Fsp3) is 0.258. The van der Waals surface area contributed by atoms with E-state index in [1.54, 1.807) is 48.5 Å². The molecule has 232 valence electrons. The summed E-state index contributed by atoms with van der Waals surface area (Å²) in [6.07, 6.45) is 0.347. The number of halogens is 4. The molecule has 10 nitrogen and oxygen atoms in total. The van der Waals surface area contributed by atoms with E-state index < -0.39 is 17.6 Å². The van der Waals surface area contributed by atoms with Gasteiger partial charge in [-0.15, -0.1) is 0 Å². The molecule has 45 heavy (non-hydrogen) atoms. The second-order valence-corrected chi connectivity index (χ2v) is 11.2. The number of pyridine rings is 1. The van der Waals surface area contributed by atoms with Gasteiger partial charge >= 0.3 is 6.18 Å². The van der Waals surface area contributed by atoms with Gasteiger partial charge in [-0.3, -0.25) is 19.4 Å². The predicted molar refractivity (Wildman–Crippen MR) is 163 cm³/mol. The number of benzene rings is 2. The zero-order chi connectivity index (χ0) is 31.7.